The van der Waals surface area contributed by atoms with Crippen molar-refractivity contribution in [3.05, 3.63) is 70.8 Å². The van der Waals surface area contributed by atoms with Crippen LogP contribution < -0.4 is 0 Å². The lowest BCUT2D eigenvalue weighted by Gasteiger charge is -2.12. The molecule has 2 amide bonds. The first kappa shape index (κ1) is 16.7. The standard InChI is InChI=1S/C21H17NO3/c1-15(23)17-12-10-16(11-13-17)7-3-2-6-14-22-20(24)18-8-4-5-9-19(18)21(22)25/h4-5,8-13H,2,6,14H2,1H3. The third-order valence-corrected chi connectivity index (χ3v) is 4.09. The number of ketones is 1. The highest BCUT2D eigenvalue weighted by atomic mass is 16.2. The number of rotatable bonds is 4. The smallest absolute Gasteiger partial charge is 0.261 e. The summed E-state index contributed by atoms with van der Waals surface area (Å²) in [5.74, 6) is 5.64. The van der Waals surface area contributed by atoms with Crippen molar-refractivity contribution < 1.29 is 14.4 Å². The van der Waals surface area contributed by atoms with Crippen LogP contribution in [0.15, 0.2) is 48.5 Å². The largest absolute Gasteiger partial charge is 0.295 e. The van der Waals surface area contributed by atoms with Gasteiger partial charge in [-0.1, -0.05) is 36.1 Å². The summed E-state index contributed by atoms with van der Waals surface area (Å²) in [5, 5.41) is 0. The van der Waals surface area contributed by atoms with Crippen LogP contribution in [0, 0.1) is 11.8 Å². The monoisotopic (exact) mass is 331 g/mol. The summed E-state index contributed by atoms with van der Waals surface area (Å²) in [6.07, 6.45) is 1.21. The molecule has 1 aliphatic heterocycles. The van der Waals surface area contributed by atoms with Gasteiger partial charge in [0.05, 0.1) is 11.1 Å². The normalized spacial score (nSPS) is 12.6. The average Bonchev–Trinajstić information content (AvgIpc) is 2.87. The summed E-state index contributed by atoms with van der Waals surface area (Å²) in [6, 6.07) is 14.0. The molecule has 0 radical (unpaired) electrons. The molecule has 1 heterocycles. The molecule has 0 spiro atoms. The predicted molar refractivity (Wildman–Crippen MR) is 94.4 cm³/mol. The highest BCUT2D eigenvalue weighted by molar-refractivity contribution is 6.21. The van der Waals surface area contributed by atoms with Crippen LogP contribution >= 0.6 is 0 Å². The Morgan fingerprint density at radius 3 is 2.12 bits per heavy atom. The molecule has 0 fully saturated rings. The van der Waals surface area contributed by atoms with Crippen molar-refractivity contribution in [1.29, 1.82) is 0 Å². The third kappa shape index (κ3) is 3.51. The molecule has 4 nitrogen and oxygen atoms in total. The highest BCUT2D eigenvalue weighted by Gasteiger charge is 2.34. The van der Waals surface area contributed by atoms with E-state index in [1.165, 1.54) is 11.8 Å². The first-order valence-electron chi connectivity index (χ1n) is 8.13. The maximum Gasteiger partial charge on any atom is 0.261 e. The number of fused-ring (bicyclic) bond motifs is 1. The van der Waals surface area contributed by atoms with Gasteiger partial charge in [0, 0.05) is 24.1 Å². The Bertz CT molecular complexity index is 866. The third-order valence-electron chi connectivity index (χ3n) is 4.09. The van der Waals surface area contributed by atoms with E-state index in [2.05, 4.69) is 11.8 Å². The molecule has 0 saturated heterocycles. The van der Waals surface area contributed by atoms with Crippen LogP contribution in [0.4, 0.5) is 0 Å². The molecular weight excluding hydrogens is 314 g/mol. The van der Waals surface area contributed by atoms with Gasteiger partial charge in [0.15, 0.2) is 5.78 Å². The van der Waals surface area contributed by atoms with E-state index in [1.807, 2.05) is 12.1 Å². The van der Waals surface area contributed by atoms with Crippen LogP contribution in [0.25, 0.3) is 0 Å². The van der Waals surface area contributed by atoms with E-state index in [4.69, 9.17) is 0 Å². The van der Waals surface area contributed by atoms with Crippen LogP contribution in [0.5, 0.6) is 0 Å². The number of hydrogen-bond acceptors (Lipinski definition) is 3. The van der Waals surface area contributed by atoms with Crippen LogP contribution in [-0.2, 0) is 0 Å². The van der Waals surface area contributed by atoms with Crippen LogP contribution in [-0.4, -0.2) is 29.0 Å². The zero-order valence-electron chi connectivity index (χ0n) is 13.9. The second kappa shape index (κ2) is 7.14. The van der Waals surface area contributed by atoms with Gasteiger partial charge < -0.3 is 0 Å². The minimum atomic E-state index is -0.228. The molecule has 0 N–H and O–H groups in total. The van der Waals surface area contributed by atoms with Crippen molar-refractivity contribution in [2.75, 3.05) is 6.54 Å². The molecule has 0 aromatic heterocycles. The number of carbonyl (C=O) groups is 3. The van der Waals surface area contributed by atoms with E-state index in [0.717, 1.165) is 5.56 Å². The summed E-state index contributed by atoms with van der Waals surface area (Å²) in [5.41, 5.74) is 2.45. The molecule has 2 aromatic rings. The van der Waals surface area contributed by atoms with Gasteiger partial charge in [-0.05, 0) is 37.6 Å². The Balaban J connectivity index is 1.54. The average molecular weight is 331 g/mol. The van der Waals surface area contributed by atoms with Gasteiger partial charge in [-0.25, -0.2) is 0 Å². The van der Waals surface area contributed by atoms with E-state index in [9.17, 15) is 14.4 Å². The predicted octanol–water partition coefficient (Wildman–Crippen LogP) is 3.32. The second-order valence-corrected chi connectivity index (χ2v) is 5.85. The quantitative estimate of drug-likeness (QED) is 0.374. The molecule has 25 heavy (non-hydrogen) atoms. The molecule has 124 valence electrons. The molecule has 4 heteroatoms. The topological polar surface area (TPSA) is 54.5 Å². The van der Waals surface area contributed by atoms with Gasteiger partial charge in [-0.2, -0.15) is 0 Å². The molecule has 0 atom stereocenters. The molecular formula is C21H17NO3. The Labute approximate surface area is 146 Å². The maximum absolute atomic E-state index is 12.2. The summed E-state index contributed by atoms with van der Waals surface area (Å²) >= 11 is 0. The van der Waals surface area contributed by atoms with E-state index in [-0.39, 0.29) is 17.6 Å². The van der Waals surface area contributed by atoms with Crippen molar-refractivity contribution in [2.24, 2.45) is 0 Å². The Morgan fingerprint density at radius 1 is 0.960 bits per heavy atom. The zero-order chi connectivity index (χ0) is 17.8. The fraction of sp³-hybridized carbons (Fsp3) is 0.190. The number of benzene rings is 2. The molecule has 0 aliphatic carbocycles. The first-order chi connectivity index (χ1) is 12.1. The van der Waals surface area contributed by atoms with E-state index in [0.29, 0.717) is 36.1 Å². The summed E-state index contributed by atoms with van der Waals surface area (Å²) < 4.78 is 0. The summed E-state index contributed by atoms with van der Waals surface area (Å²) in [7, 11) is 0. The van der Waals surface area contributed by atoms with Crippen LogP contribution in [0.2, 0.25) is 0 Å². The number of imide groups is 1. The Hall–Kier alpha value is -3.19. The second-order valence-electron chi connectivity index (χ2n) is 5.85. The lowest BCUT2D eigenvalue weighted by atomic mass is 10.1. The van der Waals surface area contributed by atoms with E-state index in [1.54, 1.807) is 36.4 Å². The summed E-state index contributed by atoms with van der Waals surface area (Å²) in [4.78, 5) is 36.9. The van der Waals surface area contributed by atoms with Gasteiger partial charge in [-0.15, -0.1) is 0 Å². The molecule has 0 bridgehead atoms. The van der Waals surface area contributed by atoms with Gasteiger partial charge in [-0.3, -0.25) is 19.3 Å². The van der Waals surface area contributed by atoms with E-state index >= 15 is 0 Å². The van der Waals surface area contributed by atoms with Crippen molar-refractivity contribution >= 4 is 17.6 Å². The van der Waals surface area contributed by atoms with Gasteiger partial charge in [0.1, 0.15) is 0 Å². The van der Waals surface area contributed by atoms with Crippen molar-refractivity contribution in [3.63, 3.8) is 0 Å². The van der Waals surface area contributed by atoms with Crippen molar-refractivity contribution in [2.45, 2.75) is 19.8 Å². The van der Waals surface area contributed by atoms with E-state index < -0.39 is 0 Å². The zero-order valence-corrected chi connectivity index (χ0v) is 13.9. The number of Topliss-reactive ketones (excluding diaryl/α,β-unsaturated/α-hetero) is 1. The SMILES string of the molecule is CC(=O)c1ccc(C#CCCCN2C(=O)c3ccccc3C2=O)cc1. The fourth-order valence-corrected chi connectivity index (χ4v) is 2.72. The van der Waals surface area contributed by atoms with Gasteiger partial charge >= 0.3 is 0 Å². The highest BCUT2D eigenvalue weighted by Crippen LogP contribution is 2.22. The molecule has 2 aromatic carbocycles. The molecule has 0 unspecified atom stereocenters. The lowest BCUT2D eigenvalue weighted by Crippen LogP contribution is -2.30. The fourth-order valence-electron chi connectivity index (χ4n) is 2.72. The Morgan fingerprint density at radius 2 is 1.56 bits per heavy atom. The minimum Gasteiger partial charge on any atom is -0.295 e. The lowest BCUT2D eigenvalue weighted by molar-refractivity contribution is 0.0653. The van der Waals surface area contributed by atoms with Gasteiger partial charge in [0.2, 0.25) is 0 Å². The molecule has 3 rings (SSSR count). The molecule has 0 saturated carbocycles. The number of nitrogens with zero attached hydrogens (tertiary/aromatic N) is 1. The van der Waals surface area contributed by atoms with Crippen molar-refractivity contribution in [3.8, 4) is 11.8 Å². The summed E-state index contributed by atoms with van der Waals surface area (Å²) in [6.45, 7) is 1.89. The minimum absolute atomic E-state index is 0.0282. The number of unbranched alkanes of at least 4 members (excludes halogenated alkanes) is 1. The number of carbonyl (C=O) groups excluding carboxylic acids is 3. The first-order valence-corrected chi connectivity index (χ1v) is 8.13. The number of hydrogen-bond donors (Lipinski definition) is 0. The number of amides is 2. The maximum atomic E-state index is 12.2. The van der Waals surface area contributed by atoms with Crippen molar-refractivity contribution in [1.82, 2.24) is 4.90 Å². The van der Waals surface area contributed by atoms with Gasteiger partial charge in [0.25, 0.3) is 11.8 Å². The molecule has 1 aliphatic rings. The Kier molecular flexibility index (Phi) is 4.76. The van der Waals surface area contributed by atoms with Crippen LogP contribution in [0.1, 0.15) is 56.4 Å². The van der Waals surface area contributed by atoms with Crippen LogP contribution in [0.3, 0.4) is 0 Å².